The Kier molecular flexibility index (Phi) is 8.51. The summed E-state index contributed by atoms with van der Waals surface area (Å²) in [6.45, 7) is 0. The minimum absolute atomic E-state index is 0.436. The van der Waals surface area contributed by atoms with Crippen LogP contribution in [0, 0.1) is 0 Å². The predicted octanol–water partition coefficient (Wildman–Crippen LogP) is 16.6. The lowest BCUT2D eigenvalue weighted by Gasteiger charge is -2.31. The fourth-order valence-corrected chi connectivity index (χ4v) is 11.0. The molecule has 0 fully saturated rings. The van der Waals surface area contributed by atoms with Gasteiger partial charge in [-0.25, -0.2) is 4.98 Å². The average molecular weight is 824 g/mol. The molecule has 2 aliphatic rings. The van der Waals surface area contributed by atoms with Crippen LogP contribution in [0.4, 0.5) is 0 Å². The first-order valence-corrected chi connectivity index (χ1v) is 22.5. The van der Waals surface area contributed by atoms with Crippen molar-refractivity contribution in [2.45, 2.75) is 5.41 Å². The van der Waals surface area contributed by atoms with E-state index in [4.69, 9.17) is 4.98 Å². The maximum atomic E-state index is 5.39. The molecule has 1 nitrogen and oxygen atoms in total. The van der Waals surface area contributed by atoms with Crippen molar-refractivity contribution >= 4 is 10.8 Å². The maximum absolute atomic E-state index is 5.39. The Bertz CT molecular complexity index is 3520. The van der Waals surface area contributed by atoms with E-state index in [0.29, 0.717) is 0 Å². The van der Waals surface area contributed by atoms with Crippen molar-refractivity contribution in [1.82, 2.24) is 4.98 Å². The summed E-state index contributed by atoms with van der Waals surface area (Å²) < 4.78 is 0. The Morgan fingerprint density at radius 1 is 0.262 bits per heavy atom. The lowest BCUT2D eigenvalue weighted by atomic mass is 9.69. The standard InChI is InChI=1S/C64H41N/c1-4-18-42(19-5-1)48-36-49(43-20-6-2-7-21-43)38-51(37-48)61-41-50(40-60(65-61)46-22-8-3-9-23-46)44-32-34-45(35-33-44)56-39-47-24-10-11-25-52(47)63-62(56)55-28-14-17-31-59(55)64(63)57-29-15-12-26-53(57)54-27-13-16-30-58(54)64/h1-41H. The second-order valence-corrected chi connectivity index (χ2v) is 17.4. The molecule has 11 aromatic rings. The second-order valence-electron chi connectivity index (χ2n) is 17.4. The van der Waals surface area contributed by atoms with Crippen LogP contribution in [0.3, 0.4) is 0 Å². The number of hydrogen-bond donors (Lipinski definition) is 0. The molecule has 0 unspecified atom stereocenters. The topological polar surface area (TPSA) is 12.9 Å². The van der Waals surface area contributed by atoms with Gasteiger partial charge in [-0.1, -0.05) is 212 Å². The highest BCUT2D eigenvalue weighted by Crippen LogP contribution is 2.65. The lowest BCUT2D eigenvalue weighted by molar-refractivity contribution is 0.801. The van der Waals surface area contributed by atoms with Gasteiger partial charge in [0.1, 0.15) is 0 Å². The third-order valence-corrected chi connectivity index (χ3v) is 13.8. The van der Waals surface area contributed by atoms with Gasteiger partial charge in [-0.2, -0.15) is 0 Å². The molecule has 0 amide bonds. The normalized spacial score (nSPS) is 12.7. The highest BCUT2D eigenvalue weighted by Gasteiger charge is 2.52. The third-order valence-electron chi connectivity index (χ3n) is 13.8. The molecule has 1 heteroatoms. The van der Waals surface area contributed by atoms with E-state index in [2.05, 4.69) is 249 Å². The highest BCUT2D eigenvalue weighted by molar-refractivity contribution is 6.09. The summed E-state index contributed by atoms with van der Waals surface area (Å²) in [6.07, 6.45) is 0. The molecule has 0 saturated heterocycles. The van der Waals surface area contributed by atoms with Crippen molar-refractivity contribution in [2.75, 3.05) is 0 Å². The van der Waals surface area contributed by atoms with Crippen LogP contribution in [-0.4, -0.2) is 4.98 Å². The summed E-state index contributed by atoms with van der Waals surface area (Å²) in [6, 6.07) is 91.3. The van der Waals surface area contributed by atoms with E-state index in [-0.39, 0.29) is 0 Å². The molecule has 65 heavy (non-hydrogen) atoms. The summed E-state index contributed by atoms with van der Waals surface area (Å²) >= 11 is 0. The van der Waals surface area contributed by atoms with E-state index in [1.54, 1.807) is 0 Å². The Hall–Kier alpha value is -8.39. The zero-order valence-electron chi connectivity index (χ0n) is 35.6. The summed E-state index contributed by atoms with van der Waals surface area (Å²) in [5.74, 6) is 0. The van der Waals surface area contributed by atoms with Crippen molar-refractivity contribution in [3.8, 4) is 89.3 Å². The minimum Gasteiger partial charge on any atom is -0.248 e. The molecule has 0 aliphatic heterocycles. The zero-order chi connectivity index (χ0) is 42.9. The van der Waals surface area contributed by atoms with Gasteiger partial charge >= 0.3 is 0 Å². The van der Waals surface area contributed by atoms with Crippen LogP contribution in [0.5, 0.6) is 0 Å². The van der Waals surface area contributed by atoms with Crippen LogP contribution in [0.15, 0.2) is 249 Å². The number of benzene rings is 10. The molecule has 302 valence electrons. The van der Waals surface area contributed by atoms with E-state index in [9.17, 15) is 0 Å². The smallest absolute Gasteiger partial charge is 0.0731 e. The van der Waals surface area contributed by atoms with Gasteiger partial charge in [-0.15, -0.1) is 0 Å². The van der Waals surface area contributed by atoms with Crippen LogP contribution >= 0.6 is 0 Å². The van der Waals surface area contributed by atoms with Crippen LogP contribution in [-0.2, 0) is 5.41 Å². The first kappa shape index (κ1) is 37.2. The molecule has 1 aromatic heterocycles. The molecule has 0 bridgehead atoms. The Balaban J connectivity index is 0.996. The van der Waals surface area contributed by atoms with E-state index in [1.807, 2.05) is 0 Å². The fraction of sp³-hybridized carbons (Fsp3) is 0.0156. The van der Waals surface area contributed by atoms with Crippen LogP contribution in [0.2, 0.25) is 0 Å². The summed E-state index contributed by atoms with van der Waals surface area (Å²) in [5, 5.41) is 2.55. The third kappa shape index (κ3) is 5.83. The fourth-order valence-electron chi connectivity index (χ4n) is 11.0. The average Bonchev–Trinajstić information content (AvgIpc) is 3.87. The van der Waals surface area contributed by atoms with Gasteiger partial charge in [0.15, 0.2) is 0 Å². The maximum Gasteiger partial charge on any atom is 0.0731 e. The van der Waals surface area contributed by atoms with E-state index in [1.165, 1.54) is 77.5 Å². The van der Waals surface area contributed by atoms with Crippen LogP contribution < -0.4 is 0 Å². The first-order chi connectivity index (χ1) is 32.2. The zero-order valence-corrected chi connectivity index (χ0v) is 35.6. The first-order valence-electron chi connectivity index (χ1n) is 22.5. The molecule has 2 aliphatic carbocycles. The largest absolute Gasteiger partial charge is 0.248 e. The second kappa shape index (κ2) is 14.9. The molecule has 10 aromatic carbocycles. The Labute approximate surface area is 379 Å². The molecule has 1 spiro atoms. The number of nitrogens with zero attached hydrogens (tertiary/aromatic N) is 1. The monoisotopic (exact) mass is 823 g/mol. The number of fused-ring (bicyclic) bond motifs is 12. The van der Waals surface area contributed by atoms with Crippen molar-refractivity contribution in [1.29, 1.82) is 0 Å². The number of pyridine rings is 1. The summed E-state index contributed by atoms with van der Waals surface area (Å²) in [4.78, 5) is 5.39. The van der Waals surface area contributed by atoms with E-state index < -0.39 is 5.41 Å². The van der Waals surface area contributed by atoms with Crippen molar-refractivity contribution in [2.24, 2.45) is 0 Å². The van der Waals surface area contributed by atoms with Crippen molar-refractivity contribution in [3.05, 3.63) is 271 Å². The van der Waals surface area contributed by atoms with Gasteiger partial charge in [0.25, 0.3) is 0 Å². The summed E-state index contributed by atoms with van der Waals surface area (Å²) in [5.41, 5.74) is 23.7. The van der Waals surface area contributed by atoms with Crippen molar-refractivity contribution in [3.63, 3.8) is 0 Å². The van der Waals surface area contributed by atoms with Gasteiger partial charge < -0.3 is 0 Å². The quantitative estimate of drug-likeness (QED) is 0.163. The van der Waals surface area contributed by atoms with Gasteiger partial charge in [0, 0.05) is 11.1 Å². The SMILES string of the molecule is c1ccc(-c2cc(-c3ccccc3)cc(-c3cc(-c4ccc(-c5cc6ccccc6c6c5-c5ccccc5C65c6ccccc6-c6ccccc65)cc4)cc(-c4ccccc4)n3)c2)cc1. The van der Waals surface area contributed by atoms with Gasteiger partial charge in [-0.05, 0) is 136 Å². The Morgan fingerprint density at radius 3 is 1.28 bits per heavy atom. The van der Waals surface area contributed by atoms with E-state index in [0.717, 1.165) is 44.8 Å². The molecular formula is C64H41N. The number of rotatable bonds is 6. The lowest BCUT2D eigenvalue weighted by Crippen LogP contribution is -2.26. The molecule has 0 radical (unpaired) electrons. The molecule has 13 rings (SSSR count). The molecule has 1 heterocycles. The molecule has 0 N–H and O–H groups in total. The van der Waals surface area contributed by atoms with Crippen LogP contribution in [0.1, 0.15) is 22.3 Å². The molecule has 0 atom stereocenters. The van der Waals surface area contributed by atoms with Crippen molar-refractivity contribution < 1.29 is 0 Å². The highest BCUT2D eigenvalue weighted by atomic mass is 14.7. The molecular weight excluding hydrogens is 783 g/mol. The predicted molar refractivity (Wildman–Crippen MR) is 271 cm³/mol. The molecule has 0 saturated carbocycles. The number of aromatic nitrogens is 1. The minimum atomic E-state index is -0.436. The summed E-state index contributed by atoms with van der Waals surface area (Å²) in [7, 11) is 0. The van der Waals surface area contributed by atoms with Gasteiger partial charge in [0.2, 0.25) is 0 Å². The van der Waals surface area contributed by atoms with Gasteiger partial charge in [0.05, 0.1) is 16.8 Å². The van der Waals surface area contributed by atoms with E-state index >= 15 is 0 Å². The van der Waals surface area contributed by atoms with Gasteiger partial charge in [-0.3, -0.25) is 0 Å². The Morgan fingerprint density at radius 2 is 0.677 bits per heavy atom. The van der Waals surface area contributed by atoms with Crippen LogP contribution in [0.25, 0.3) is 100 Å². The number of hydrogen-bond acceptors (Lipinski definition) is 1.